The molecular weight excluding hydrogens is 350 g/mol. The van der Waals surface area contributed by atoms with Crippen LogP contribution in [0.2, 0.25) is 0 Å². The van der Waals surface area contributed by atoms with Crippen molar-refractivity contribution in [1.82, 2.24) is 0 Å². The van der Waals surface area contributed by atoms with Crippen LogP contribution in [0.25, 0.3) is 10.8 Å². The molecule has 4 nitrogen and oxygen atoms in total. The minimum atomic E-state index is -0.712. The third kappa shape index (κ3) is 4.49. The van der Waals surface area contributed by atoms with Crippen molar-refractivity contribution in [3.8, 4) is 5.75 Å². The first kappa shape index (κ1) is 20.7. The third-order valence-electron chi connectivity index (χ3n) is 5.57. The van der Waals surface area contributed by atoms with E-state index in [1.165, 1.54) is 0 Å². The Balaban J connectivity index is 1.89. The molecule has 0 saturated heterocycles. The molecule has 0 aromatic heterocycles. The molecule has 1 amide bonds. The quantitative estimate of drug-likeness (QED) is 0.643. The zero-order chi connectivity index (χ0) is 20.1. The van der Waals surface area contributed by atoms with Crippen LogP contribution in [0, 0.1) is 5.92 Å². The fourth-order valence-corrected chi connectivity index (χ4v) is 3.94. The Hall–Kier alpha value is -2.07. The number of rotatable bonds is 7. The Morgan fingerprint density at radius 2 is 1.82 bits per heavy atom. The number of amides is 1. The second-order valence-electron chi connectivity index (χ2n) is 8.30. The summed E-state index contributed by atoms with van der Waals surface area (Å²) in [4.78, 5) is 13.3. The highest BCUT2D eigenvalue weighted by molar-refractivity contribution is 6.06. The predicted octanol–water partition coefficient (Wildman–Crippen LogP) is 5.94. The summed E-state index contributed by atoms with van der Waals surface area (Å²) in [6.45, 7) is 8.98. The fourth-order valence-electron chi connectivity index (χ4n) is 3.94. The molecule has 1 fully saturated rings. The van der Waals surface area contributed by atoms with Crippen LogP contribution in [-0.2, 0) is 9.53 Å². The van der Waals surface area contributed by atoms with E-state index in [9.17, 15) is 4.79 Å². The molecule has 1 aliphatic carbocycles. The molecule has 3 rings (SSSR count). The molecule has 4 heteroatoms. The van der Waals surface area contributed by atoms with Crippen LogP contribution in [0.3, 0.4) is 0 Å². The summed E-state index contributed by atoms with van der Waals surface area (Å²) in [5, 5.41) is 5.18. The lowest BCUT2D eigenvalue weighted by atomic mass is 9.78. The molecule has 0 atom stereocenters. The van der Waals surface area contributed by atoms with Crippen molar-refractivity contribution in [3.63, 3.8) is 0 Å². The summed E-state index contributed by atoms with van der Waals surface area (Å²) in [5.74, 6) is 1.47. The van der Waals surface area contributed by atoms with Crippen LogP contribution in [0.1, 0.15) is 59.8 Å². The Kier molecular flexibility index (Phi) is 6.61. The van der Waals surface area contributed by atoms with E-state index < -0.39 is 5.60 Å². The molecule has 28 heavy (non-hydrogen) atoms. The van der Waals surface area contributed by atoms with Gasteiger partial charge in [0.15, 0.2) is 0 Å². The number of carbonyl (C=O) groups is 1. The number of benzene rings is 2. The molecule has 1 N–H and O–H groups in total. The van der Waals surface area contributed by atoms with Gasteiger partial charge in [-0.1, -0.05) is 38.1 Å². The summed E-state index contributed by atoms with van der Waals surface area (Å²) in [6.07, 6.45) is 4.63. The highest BCUT2D eigenvalue weighted by Gasteiger charge is 2.42. The van der Waals surface area contributed by atoms with Gasteiger partial charge in [-0.25, -0.2) is 0 Å². The number of carbonyl (C=O) groups excluding carboxylic acids is 1. The first-order valence-corrected chi connectivity index (χ1v) is 10.6. The van der Waals surface area contributed by atoms with Gasteiger partial charge in [-0.15, -0.1) is 0 Å². The number of hydrogen-bond donors (Lipinski definition) is 1. The summed E-state index contributed by atoms with van der Waals surface area (Å²) in [6, 6.07) is 11.9. The normalized spacial score (nSPS) is 22.4. The van der Waals surface area contributed by atoms with E-state index in [-0.39, 0.29) is 12.0 Å². The molecule has 1 aliphatic rings. The zero-order valence-corrected chi connectivity index (χ0v) is 17.6. The predicted molar refractivity (Wildman–Crippen MR) is 115 cm³/mol. The number of nitrogens with one attached hydrogen (secondary N) is 1. The average molecular weight is 384 g/mol. The van der Waals surface area contributed by atoms with Crippen molar-refractivity contribution in [2.75, 3.05) is 11.9 Å². The largest absolute Gasteiger partial charge is 0.490 e. The van der Waals surface area contributed by atoms with Crippen LogP contribution >= 0.6 is 0 Å². The molecule has 152 valence electrons. The van der Waals surface area contributed by atoms with Crippen molar-refractivity contribution in [2.24, 2.45) is 5.92 Å². The van der Waals surface area contributed by atoms with E-state index >= 15 is 0 Å². The first-order valence-electron chi connectivity index (χ1n) is 10.6. The topological polar surface area (TPSA) is 47.6 Å². The lowest BCUT2D eigenvalue weighted by molar-refractivity contribution is -0.147. The SMILES string of the molecule is CCCOC1(C(=O)Nc2ccc(OC(C)C)c3ccccc23)CCC(C)CC1. The second-order valence-corrected chi connectivity index (χ2v) is 8.30. The van der Waals surface area contributed by atoms with Gasteiger partial charge in [-0.3, -0.25) is 4.79 Å². The zero-order valence-electron chi connectivity index (χ0n) is 17.6. The van der Waals surface area contributed by atoms with Crippen molar-refractivity contribution < 1.29 is 14.3 Å². The van der Waals surface area contributed by atoms with Gasteiger partial charge in [0.2, 0.25) is 0 Å². The van der Waals surface area contributed by atoms with E-state index in [1.54, 1.807) is 0 Å². The minimum absolute atomic E-state index is 0.0180. The molecule has 1 saturated carbocycles. The van der Waals surface area contributed by atoms with Crippen LogP contribution in [0.15, 0.2) is 36.4 Å². The summed E-state index contributed by atoms with van der Waals surface area (Å²) in [5.41, 5.74) is 0.103. The van der Waals surface area contributed by atoms with Gasteiger partial charge in [0.05, 0.1) is 6.10 Å². The monoisotopic (exact) mass is 383 g/mol. The number of ether oxygens (including phenoxy) is 2. The molecule has 2 aromatic rings. The third-order valence-corrected chi connectivity index (χ3v) is 5.57. The summed E-state index contributed by atoms with van der Waals surface area (Å²) < 4.78 is 12.1. The molecule has 0 aliphatic heterocycles. The molecular formula is C24H33NO3. The number of hydrogen-bond acceptors (Lipinski definition) is 3. The van der Waals surface area contributed by atoms with E-state index in [0.717, 1.165) is 54.3 Å². The Labute approximate surface area is 168 Å². The molecule has 0 spiro atoms. The van der Waals surface area contributed by atoms with Gasteiger partial charge >= 0.3 is 0 Å². The lowest BCUT2D eigenvalue weighted by Crippen LogP contribution is -2.48. The molecule has 0 bridgehead atoms. The molecule has 0 unspecified atom stereocenters. The summed E-state index contributed by atoms with van der Waals surface area (Å²) in [7, 11) is 0. The maximum atomic E-state index is 13.3. The summed E-state index contributed by atoms with van der Waals surface area (Å²) >= 11 is 0. The van der Waals surface area contributed by atoms with Crippen molar-refractivity contribution in [2.45, 2.75) is 71.5 Å². The van der Waals surface area contributed by atoms with Gasteiger partial charge < -0.3 is 14.8 Å². The first-order chi connectivity index (χ1) is 13.4. The number of anilines is 1. The highest BCUT2D eigenvalue weighted by Crippen LogP contribution is 2.37. The van der Waals surface area contributed by atoms with E-state index in [4.69, 9.17) is 9.47 Å². The highest BCUT2D eigenvalue weighted by atomic mass is 16.5. The van der Waals surface area contributed by atoms with Crippen LogP contribution in [0.5, 0.6) is 5.75 Å². The Bertz CT molecular complexity index is 801. The maximum Gasteiger partial charge on any atom is 0.256 e. The van der Waals surface area contributed by atoms with Crippen LogP contribution in [-0.4, -0.2) is 24.2 Å². The van der Waals surface area contributed by atoms with Gasteiger partial charge in [0.25, 0.3) is 5.91 Å². The van der Waals surface area contributed by atoms with E-state index in [1.807, 2.05) is 50.2 Å². The van der Waals surface area contributed by atoms with Gasteiger partial charge in [-0.05, 0) is 64.0 Å². The van der Waals surface area contributed by atoms with E-state index in [0.29, 0.717) is 12.5 Å². The van der Waals surface area contributed by atoms with Crippen molar-refractivity contribution in [1.29, 1.82) is 0 Å². The van der Waals surface area contributed by atoms with Crippen LogP contribution in [0.4, 0.5) is 5.69 Å². The van der Waals surface area contributed by atoms with Gasteiger partial charge in [0.1, 0.15) is 11.4 Å². The number of fused-ring (bicyclic) bond motifs is 1. The molecule has 0 heterocycles. The smallest absolute Gasteiger partial charge is 0.256 e. The Morgan fingerprint density at radius 1 is 1.14 bits per heavy atom. The van der Waals surface area contributed by atoms with Gasteiger partial charge in [0, 0.05) is 23.1 Å². The van der Waals surface area contributed by atoms with Crippen molar-refractivity contribution in [3.05, 3.63) is 36.4 Å². The lowest BCUT2D eigenvalue weighted by Gasteiger charge is -2.38. The molecule has 0 radical (unpaired) electrons. The van der Waals surface area contributed by atoms with Crippen LogP contribution < -0.4 is 10.1 Å². The standard InChI is InChI=1S/C24H33NO3/c1-5-16-27-24(14-12-18(4)13-15-24)23(26)25-21-10-11-22(28-17(2)3)20-9-7-6-8-19(20)21/h6-11,17-18H,5,12-16H2,1-4H3,(H,25,26). The molecule has 2 aromatic carbocycles. The second kappa shape index (κ2) is 8.95. The van der Waals surface area contributed by atoms with E-state index in [2.05, 4.69) is 19.2 Å². The minimum Gasteiger partial charge on any atom is -0.490 e. The van der Waals surface area contributed by atoms with Gasteiger partial charge in [-0.2, -0.15) is 0 Å². The maximum absolute atomic E-state index is 13.3. The average Bonchev–Trinajstić information content (AvgIpc) is 2.69. The fraction of sp³-hybridized carbons (Fsp3) is 0.542. The van der Waals surface area contributed by atoms with Crippen molar-refractivity contribution >= 4 is 22.4 Å². The Morgan fingerprint density at radius 3 is 2.46 bits per heavy atom.